The fourth-order valence-electron chi connectivity index (χ4n) is 1.66. The number of tetrazole rings is 1. The number of hydrogen-bond acceptors (Lipinski definition) is 3. The van der Waals surface area contributed by atoms with Crippen molar-refractivity contribution in [3.8, 4) is 0 Å². The van der Waals surface area contributed by atoms with E-state index < -0.39 is 0 Å². The van der Waals surface area contributed by atoms with Gasteiger partial charge in [0.15, 0.2) is 5.82 Å². The van der Waals surface area contributed by atoms with Gasteiger partial charge >= 0.3 is 0 Å². The Labute approximate surface area is 109 Å². The lowest BCUT2D eigenvalue weighted by atomic mass is 9.96. The van der Waals surface area contributed by atoms with Gasteiger partial charge in [-0.05, 0) is 28.1 Å². The zero-order chi connectivity index (χ0) is 12.5. The molecule has 0 spiro atoms. The van der Waals surface area contributed by atoms with Gasteiger partial charge in [0.1, 0.15) is 0 Å². The molecule has 0 unspecified atom stereocenters. The van der Waals surface area contributed by atoms with Crippen molar-refractivity contribution < 1.29 is 0 Å². The van der Waals surface area contributed by atoms with E-state index in [2.05, 4.69) is 64.4 Å². The van der Waals surface area contributed by atoms with Crippen LogP contribution in [0.5, 0.6) is 0 Å². The number of benzene rings is 1. The Morgan fingerprint density at radius 3 is 2.71 bits per heavy atom. The van der Waals surface area contributed by atoms with E-state index >= 15 is 0 Å². The third kappa shape index (κ3) is 2.91. The molecule has 2 rings (SSSR count). The van der Waals surface area contributed by atoms with Crippen LogP contribution in [0, 0.1) is 0 Å². The summed E-state index contributed by atoms with van der Waals surface area (Å²) < 4.78 is 2.92. The minimum absolute atomic E-state index is 0.0461. The molecule has 0 saturated carbocycles. The molecule has 1 heterocycles. The molecular formula is C12H15BrN4. The van der Waals surface area contributed by atoms with Crippen molar-refractivity contribution in [2.45, 2.75) is 32.7 Å². The Morgan fingerprint density at radius 1 is 1.29 bits per heavy atom. The summed E-state index contributed by atoms with van der Waals surface area (Å²) in [5.74, 6) is 0.900. The van der Waals surface area contributed by atoms with Gasteiger partial charge in [-0.3, -0.25) is 0 Å². The van der Waals surface area contributed by atoms with Gasteiger partial charge in [-0.25, -0.2) is 4.68 Å². The molecule has 4 nitrogen and oxygen atoms in total. The molecular weight excluding hydrogens is 280 g/mol. The average molecular weight is 295 g/mol. The second-order valence-electron chi connectivity index (χ2n) is 5.04. The van der Waals surface area contributed by atoms with Gasteiger partial charge in [0.2, 0.25) is 0 Å². The van der Waals surface area contributed by atoms with Crippen LogP contribution in [0.15, 0.2) is 28.7 Å². The maximum atomic E-state index is 4.10. The van der Waals surface area contributed by atoms with Crippen molar-refractivity contribution in [2.24, 2.45) is 0 Å². The molecule has 2 aromatic rings. The summed E-state index contributed by atoms with van der Waals surface area (Å²) in [6.07, 6.45) is 0. The number of hydrogen-bond donors (Lipinski definition) is 0. The summed E-state index contributed by atoms with van der Waals surface area (Å²) >= 11 is 3.46. The van der Waals surface area contributed by atoms with Crippen LogP contribution in [-0.2, 0) is 12.0 Å². The molecule has 0 aliphatic heterocycles. The van der Waals surface area contributed by atoms with Gasteiger partial charge in [0.25, 0.3) is 0 Å². The van der Waals surface area contributed by atoms with Crippen LogP contribution in [-0.4, -0.2) is 20.2 Å². The molecule has 0 bridgehead atoms. The molecule has 17 heavy (non-hydrogen) atoms. The Morgan fingerprint density at radius 2 is 2.06 bits per heavy atom. The van der Waals surface area contributed by atoms with Crippen LogP contribution >= 0.6 is 15.9 Å². The fraction of sp³-hybridized carbons (Fsp3) is 0.417. The molecule has 90 valence electrons. The van der Waals surface area contributed by atoms with Crippen molar-refractivity contribution in [1.29, 1.82) is 0 Å². The van der Waals surface area contributed by atoms with Gasteiger partial charge in [-0.15, -0.1) is 5.10 Å². The molecule has 5 heteroatoms. The van der Waals surface area contributed by atoms with E-state index in [4.69, 9.17) is 0 Å². The largest absolute Gasteiger partial charge is 0.225 e. The zero-order valence-electron chi connectivity index (χ0n) is 10.2. The molecule has 0 amide bonds. The van der Waals surface area contributed by atoms with Gasteiger partial charge in [0.05, 0.1) is 6.54 Å². The second-order valence-corrected chi connectivity index (χ2v) is 5.96. The van der Waals surface area contributed by atoms with Crippen molar-refractivity contribution in [2.75, 3.05) is 0 Å². The maximum Gasteiger partial charge on any atom is 0.156 e. The number of nitrogens with zero attached hydrogens (tertiary/aromatic N) is 4. The van der Waals surface area contributed by atoms with E-state index in [9.17, 15) is 0 Å². The average Bonchev–Trinajstić information content (AvgIpc) is 2.65. The fourth-order valence-corrected chi connectivity index (χ4v) is 2.10. The van der Waals surface area contributed by atoms with Crippen LogP contribution in [0.3, 0.4) is 0 Å². The first-order valence-electron chi connectivity index (χ1n) is 5.48. The topological polar surface area (TPSA) is 43.6 Å². The number of rotatable bonds is 2. The van der Waals surface area contributed by atoms with Crippen LogP contribution in [0.25, 0.3) is 0 Å². The van der Waals surface area contributed by atoms with E-state index in [1.165, 1.54) is 5.56 Å². The van der Waals surface area contributed by atoms with E-state index in [1.807, 2.05) is 16.8 Å². The first kappa shape index (κ1) is 12.2. The molecule has 0 atom stereocenters. The SMILES string of the molecule is CC(C)(C)c1nnnn1Cc1cccc(Br)c1. The summed E-state index contributed by atoms with van der Waals surface area (Å²) in [7, 11) is 0. The molecule has 0 saturated heterocycles. The lowest BCUT2D eigenvalue weighted by molar-refractivity contribution is 0.490. The molecule has 1 aromatic carbocycles. The normalized spacial score (nSPS) is 11.8. The Bertz CT molecular complexity index is 513. The third-order valence-electron chi connectivity index (χ3n) is 2.42. The zero-order valence-corrected chi connectivity index (χ0v) is 11.8. The van der Waals surface area contributed by atoms with E-state index in [1.54, 1.807) is 0 Å². The van der Waals surface area contributed by atoms with Gasteiger partial charge in [0, 0.05) is 9.89 Å². The first-order chi connectivity index (χ1) is 7.97. The summed E-state index contributed by atoms with van der Waals surface area (Å²) in [6.45, 7) is 7.02. The number of halogens is 1. The quantitative estimate of drug-likeness (QED) is 0.855. The number of aromatic nitrogens is 4. The van der Waals surface area contributed by atoms with Crippen LogP contribution < -0.4 is 0 Å². The van der Waals surface area contributed by atoms with Gasteiger partial charge < -0.3 is 0 Å². The monoisotopic (exact) mass is 294 g/mol. The first-order valence-corrected chi connectivity index (χ1v) is 6.27. The molecule has 0 aliphatic rings. The van der Waals surface area contributed by atoms with Crippen LogP contribution in [0.1, 0.15) is 32.2 Å². The minimum Gasteiger partial charge on any atom is -0.225 e. The minimum atomic E-state index is -0.0461. The van der Waals surface area contributed by atoms with Crippen molar-refractivity contribution in [1.82, 2.24) is 20.2 Å². The Balaban J connectivity index is 2.28. The van der Waals surface area contributed by atoms with Crippen LogP contribution in [0.4, 0.5) is 0 Å². The molecule has 0 fully saturated rings. The standard InChI is InChI=1S/C12H15BrN4/c1-12(2,3)11-14-15-16-17(11)8-9-5-4-6-10(13)7-9/h4-7H,8H2,1-3H3. The summed E-state index contributed by atoms with van der Waals surface area (Å²) in [6, 6.07) is 8.17. The Hall–Kier alpha value is -1.23. The van der Waals surface area contributed by atoms with Crippen molar-refractivity contribution in [3.05, 3.63) is 40.1 Å². The summed E-state index contributed by atoms with van der Waals surface area (Å²) in [5, 5.41) is 11.9. The molecule has 0 N–H and O–H groups in total. The lowest BCUT2D eigenvalue weighted by Gasteiger charge is -2.17. The lowest BCUT2D eigenvalue weighted by Crippen LogP contribution is -2.20. The highest BCUT2D eigenvalue weighted by atomic mass is 79.9. The van der Waals surface area contributed by atoms with E-state index in [0.29, 0.717) is 6.54 Å². The molecule has 0 radical (unpaired) electrons. The predicted octanol–water partition coefficient (Wildman–Crippen LogP) is 2.78. The third-order valence-corrected chi connectivity index (χ3v) is 2.92. The summed E-state index contributed by atoms with van der Waals surface area (Å²) in [5.41, 5.74) is 1.13. The van der Waals surface area contributed by atoms with E-state index in [-0.39, 0.29) is 5.41 Å². The second kappa shape index (κ2) is 4.56. The molecule has 0 aliphatic carbocycles. The maximum absolute atomic E-state index is 4.10. The highest BCUT2D eigenvalue weighted by Crippen LogP contribution is 2.20. The highest BCUT2D eigenvalue weighted by Gasteiger charge is 2.21. The smallest absolute Gasteiger partial charge is 0.156 e. The van der Waals surface area contributed by atoms with E-state index in [0.717, 1.165) is 10.3 Å². The Kier molecular flexibility index (Phi) is 3.28. The highest BCUT2D eigenvalue weighted by molar-refractivity contribution is 9.10. The molecule has 1 aromatic heterocycles. The van der Waals surface area contributed by atoms with Crippen LogP contribution in [0.2, 0.25) is 0 Å². The predicted molar refractivity (Wildman–Crippen MR) is 69.8 cm³/mol. The van der Waals surface area contributed by atoms with Crippen molar-refractivity contribution in [3.63, 3.8) is 0 Å². The summed E-state index contributed by atoms with van der Waals surface area (Å²) in [4.78, 5) is 0. The van der Waals surface area contributed by atoms with Crippen molar-refractivity contribution >= 4 is 15.9 Å². The van der Waals surface area contributed by atoms with Gasteiger partial charge in [-0.2, -0.15) is 0 Å². The van der Waals surface area contributed by atoms with Gasteiger partial charge in [-0.1, -0.05) is 48.8 Å².